The molecule has 0 unspecified atom stereocenters. The summed E-state index contributed by atoms with van der Waals surface area (Å²) >= 11 is 0. The van der Waals surface area contributed by atoms with Gasteiger partial charge in [0.2, 0.25) is 0 Å². The molecule has 3 heteroatoms. The summed E-state index contributed by atoms with van der Waals surface area (Å²) in [5.74, 6) is -0.802. The van der Waals surface area contributed by atoms with Crippen LogP contribution in [0.5, 0.6) is 0 Å². The van der Waals surface area contributed by atoms with E-state index in [0.29, 0.717) is 5.56 Å². The lowest BCUT2D eigenvalue weighted by molar-refractivity contribution is 0.0696. The lowest BCUT2D eigenvalue weighted by atomic mass is 9.95. The van der Waals surface area contributed by atoms with Crippen LogP contribution in [0.4, 0.5) is 0 Å². The van der Waals surface area contributed by atoms with Crippen molar-refractivity contribution in [1.82, 2.24) is 0 Å². The van der Waals surface area contributed by atoms with Crippen LogP contribution in [0, 0.1) is 6.92 Å². The molecular weight excluding hydrogens is 372 g/mol. The second-order valence-corrected chi connectivity index (χ2v) is 6.76. The summed E-state index contributed by atoms with van der Waals surface area (Å²) in [6.07, 6.45) is 0. The Hall–Kier alpha value is -3.98. The van der Waals surface area contributed by atoms with Crippen LogP contribution in [0.2, 0.25) is 0 Å². The third kappa shape index (κ3) is 5.30. The zero-order valence-corrected chi connectivity index (χ0v) is 16.7. The van der Waals surface area contributed by atoms with Gasteiger partial charge in [-0.05, 0) is 35.7 Å². The van der Waals surface area contributed by atoms with Crippen LogP contribution in [-0.2, 0) is 0 Å². The van der Waals surface area contributed by atoms with Crippen molar-refractivity contribution in [2.45, 2.75) is 6.92 Å². The van der Waals surface area contributed by atoms with Crippen LogP contribution in [0.15, 0.2) is 109 Å². The number of hydrogen-bond donors (Lipinski definition) is 1. The molecular formula is C27H22O3. The number of aryl methyl sites for hydroxylation is 1. The Labute approximate surface area is 176 Å². The molecule has 0 radical (unpaired) electrons. The molecule has 4 aromatic rings. The van der Waals surface area contributed by atoms with Gasteiger partial charge in [-0.25, -0.2) is 4.79 Å². The maximum absolute atomic E-state index is 12.5. The van der Waals surface area contributed by atoms with Crippen molar-refractivity contribution in [2.75, 3.05) is 0 Å². The van der Waals surface area contributed by atoms with Gasteiger partial charge < -0.3 is 5.11 Å². The van der Waals surface area contributed by atoms with Crippen molar-refractivity contribution in [3.63, 3.8) is 0 Å². The van der Waals surface area contributed by atoms with E-state index in [9.17, 15) is 9.59 Å². The first-order chi connectivity index (χ1) is 14.6. The summed E-state index contributed by atoms with van der Waals surface area (Å²) in [6, 6.07) is 33.9. The quantitative estimate of drug-likeness (QED) is 0.415. The van der Waals surface area contributed by atoms with Gasteiger partial charge in [0.15, 0.2) is 5.78 Å². The molecule has 148 valence electrons. The molecule has 0 atom stereocenters. The van der Waals surface area contributed by atoms with Gasteiger partial charge in [0.25, 0.3) is 0 Å². The summed E-state index contributed by atoms with van der Waals surface area (Å²) in [5.41, 5.74) is 5.13. The van der Waals surface area contributed by atoms with Crippen molar-refractivity contribution < 1.29 is 14.7 Å². The third-order valence-corrected chi connectivity index (χ3v) is 4.63. The standard InChI is InChI=1S/C20H16O.C7H6O2/c1-15-14-18(16-8-4-2-5-9-16)12-13-19(15)20(21)17-10-6-3-7-11-17;8-7(9)6-4-2-1-3-5-6/h2-14H,1H3;1-5H,(H,8,9). The average Bonchev–Trinajstić information content (AvgIpc) is 2.81. The van der Waals surface area contributed by atoms with Gasteiger partial charge in [-0.3, -0.25) is 4.79 Å². The Morgan fingerprint density at radius 1 is 0.600 bits per heavy atom. The van der Waals surface area contributed by atoms with Crippen molar-refractivity contribution in [1.29, 1.82) is 0 Å². The van der Waals surface area contributed by atoms with E-state index in [-0.39, 0.29) is 5.78 Å². The fourth-order valence-electron chi connectivity index (χ4n) is 3.05. The molecule has 4 aromatic carbocycles. The van der Waals surface area contributed by atoms with E-state index < -0.39 is 5.97 Å². The van der Waals surface area contributed by atoms with Crippen molar-refractivity contribution >= 4 is 11.8 Å². The molecule has 0 amide bonds. The van der Waals surface area contributed by atoms with Gasteiger partial charge in [-0.2, -0.15) is 0 Å². The van der Waals surface area contributed by atoms with E-state index >= 15 is 0 Å². The van der Waals surface area contributed by atoms with Crippen LogP contribution in [0.3, 0.4) is 0 Å². The Kier molecular flexibility index (Phi) is 6.91. The number of carboxylic acid groups (broad SMARTS) is 1. The molecule has 0 heterocycles. The SMILES string of the molecule is Cc1cc(-c2ccccc2)ccc1C(=O)c1ccccc1.O=C(O)c1ccccc1. The van der Waals surface area contributed by atoms with Crippen molar-refractivity contribution in [3.8, 4) is 11.1 Å². The molecule has 0 aliphatic rings. The number of benzene rings is 4. The first-order valence-electron chi connectivity index (χ1n) is 9.60. The fraction of sp³-hybridized carbons (Fsp3) is 0.0370. The van der Waals surface area contributed by atoms with E-state index in [4.69, 9.17) is 5.11 Å². The first-order valence-corrected chi connectivity index (χ1v) is 9.60. The number of rotatable bonds is 4. The lowest BCUT2D eigenvalue weighted by Gasteiger charge is -2.08. The van der Waals surface area contributed by atoms with Crippen LogP contribution in [0.1, 0.15) is 31.8 Å². The van der Waals surface area contributed by atoms with Crippen LogP contribution < -0.4 is 0 Å². The zero-order valence-electron chi connectivity index (χ0n) is 16.7. The molecule has 30 heavy (non-hydrogen) atoms. The second-order valence-electron chi connectivity index (χ2n) is 6.76. The van der Waals surface area contributed by atoms with E-state index in [2.05, 4.69) is 18.2 Å². The third-order valence-electron chi connectivity index (χ3n) is 4.63. The van der Waals surface area contributed by atoms with E-state index in [1.807, 2.05) is 67.6 Å². The van der Waals surface area contributed by atoms with Crippen molar-refractivity contribution in [2.24, 2.45) is 0 Å². The van der Waals surface area contributed by atoms with Gasteiger partial charge >= 0.3 is 5.97 Å². The maximum Gasteiger partial charge on any atom is 0.335 e. The number of aromatic carboxylic acids is 1. The normalized spacial score (nSPS) is 9.90. The zero-order chi connectivity index (χ0) is 21.3. The summed E-state index contributed by atoms with van der Waals surface area (Å²) in [7, 11) is 0. The molecule has 0 bridgehead atoms. The molecule has 1 N–H and O–H groups in total. The highest BCUT2D eigenvalue weighted by Gasteiger charge is 2.12. The molecule has 0 aliphatic heterocycles. The smallest absolute Gasteiger partial charge is 0.335 e. The Morgan fingerprint density at radius 3 is 1.57 bits per heavy atom. The summed E-state index contributed by atoms with van der Waals surface area (Å²) in [6.45, 7) is 1.99. The Bertz CT molecular complexity index is 1120. The first kappa shape index (κ1) is 20.7. The monoisotopic (exact) mass is 394 g/mol. The number of carboxylic acids is 1. The van der Waals surface area contributed by atoms with Crippen molar-refractivity contribution in [3.05, 3.63) is 131 Å². The number of ketones is 1. The van der Waals surface area contributed by atoms with Crippen LogP contribution in [-0.4, -0.2) is 16.9 Å². The Morgan fingerprint density at radius 2 is 1.10 bits per heavy atom. The number of carbonyl (C=O) groups is 2. The topological polar surface area (TPSA) is 54.4 Å². The molecule has 4 rings (SSSR count). The Balaban J connectivity index is 0.000000239. The molecule has 0 saturated heterocycles. The molecule has 3 nitrogen and oxygen atoms in total. The van der Waals surface area contributed by atoms with Crippen LogP contribution >= 0.6 is 0 Å². The minimum absolute atomic E-state index is 0.0766. The van der Waals surface area contributed by atoms with Crippen LogP contribution in [0.25, 0.3) is 11.1 Å². The predicted molar refractivity (Wildman–Crippen MR) is 120 cm³/mol. The average molecular weight is 394 g/mol. The number of carbonyl (C=O) groups excluding carboxylic acids is 1. The summed E-state index contributed by atoms with van der Waals surface area (Å²) < 4.78 is 0. The lowest BCUT2D eigenvalue weighted by Crippen LogP contribution is -2.03. The van der Waals surface area contributed by atoms with Gasteiger partial charge in [0.1, 0.15) is 0 Å². The van der Waals surface area contributed by atoms with Gasteiger partial charge in [0.05, 0.1) is 5.56 Å². The minimum Gasteiger partial charge on any atom is -0.478 e. The highest BCUT2D eigenvalue weighted by atomic mass is 16.4. The van der Waals surface area contributed by atoms with Gasteiger partial charge in [0, 0.05) is 11.1 Å². The molecule has 0 saturated carbocycles. The van der Waals surface area contributed by atoms with E-state index in [1.165, 1.54) is 5.56 Å². The minimum atomic E-state index is -0.879. The molecule has 0 aromatic heterocycles. The highest BCUT2D eigenvalue weighted by Crippen LogP contribution is 2.23. The predicted octanol–water partition coefficient (Wildman–Crippen LogP) is 6.28. The van der Waals surface area contributed by atoms with Gasteiger partial charge in [-0.1, -0.05) is 97.1 Å². The largest absolute Gasteiger partial charge is 0.478 e. The summed E-state index contributed by atoms with van der Waals surface area (Å²) in [5, 5.41) is 8.38. The van der Waals surface area contributed by atoms with E-state index in [0.717, 1.165) is 22.3 Å². The highest BCUT2D eigenvalue weighted by molar-refractivity contribution is 6.10. The summed E-state index contributed by atoms with van der Waals surface area (Å²) in [4.78, 5) is 22.7. The second kappa shape index (κ2) is 9.99. The molecule has 0 fully saturated rings. The fourth-order valence-corrected chi connectivity index (χ4v) is 3.05. The van der Waals surface area contributed by atoms with E-state index in [1.54, 1.807) is 30.3 Å². The van der Waals surface area contributed by atoms with Gasteiger partial charge in [-0.15, -0.1) is 0 Å². The molecule has 0 spiro atoms. The molecule has 0 aliphatic carbocycles. The number of hydrogen-bond acceptors (Lipinski definition) is 2. The maximum atomic E-state index is 12.5.